The molecule has 0 fully saturated rings. The van der Waals surface area contributed by atoms with Crippen LogP contribution in [0.15, 0.2) is 48.5 Å². The first-order valence-corrected chi connectivity index (χ1v) is 7.11. The number of rotatable bonds is 5. The number of nitrogens with zero attached hydrogens (tertiary/aromatic N) is 2. The quantitative estimate of drug-likeness (QED) is 0.782. The van der Waals surface area contributed by atoms with Crippen LogP contribution in [0.3, 0.4) is 0 Å². The molecule has 0 bridgehead atoms. The number of aromatic amines is 1. The Hall–Kier alpha value is -2.82. The number of H-pyrrole nitrogens is 1. The van der Waals surface area contributed by atoms with Gasteiger partial charge in [-0.05, 0) is 25.1 Å². The molecule has 3 rings (SSSR count). The van der Waals surface area contributed by atoms with Crippen molar-refractivity contribution in [2.75, 3.05) is 13.7 Å². The van der Waals surface area contributed by atoms with Crippen molar-refractivity contribution >= 4 is 0 Å². The van der Waals surface area contributed by atoms with Gasteiger partial charge in [-0.3, -0.25) is 5.10 Å². The lowest BCUT2D eigenvalue weighted by atomic mass is 10.2. The zero-order valence-corrected chi connectivity index (χ0v) is 12.5. The summed E-state index contributed by atoms with van der Waals surface area (Å²) in [5, 5.41) is 7.25. The van der Waals surface area contributed by atoms with E-state index in [0.717, 1.165) is 17.0 Å². The van der Waals surface area contributed by atoms with E-state index in [2.05, 4.69) is 15.2 Å². The van der Waals surface area contributed by atoms with Crippen LogP contribution in [-0.4, -0.2) is 28.9 Å². The molecule has 112 valence electrons. The topological polar surface area (TPSA) is 60.0 Å². The summed E-state index contributed by atoms with van der Waals surface area (Å²) in [6.45, 7) is 2.53. The van der Waals surface area contributed by atoms with Gasteiger partial charge in [0.15, 0.2) is 23.1 Å². The number of nitrogens with one attached hydrogen (secondary N) is 1. The number of ether oxygens (including phenoxy) is 2. The van der Waals surface area contributed by atoms with Gasteiger partial charge in [-0.25, -0.2) is 4.98 Å². The maximum absolute atomic E-state index is 5.52. The van der Waals surface area contributed by atoms with Crippen molar-refractivity contribution < 1.29 is 9.47 Å². The number of methoxy groups -OCH3 is 1. The Kier molecular flexibility index (Phi) is 4.05. The van der Waals surface area contributed by atoms with E-state index in [-0.39, 0.29) is 0 Å². The van der Waals surface area contributed by atoms with E-state index in [4.69, 9.17) is 9.47 Å². The van der Waals surface area contributed by atoms with Crippen LogP contribution in [0.5, 0.6) is 11.5 Å². The molecule has 0 unspecified atom stereocenters. The van der Waals surface area contributed by atoms with Gasteiger partial charge in [0.25, 0.3) is 0 Å². The number of hydrogen-bond acceptors (Lipinski definition) is 4. The van der Waals surface area contributed by atoms with Crippen LogP contribution in [-0.2, 0) is 0 Å². The van der Waals surface area contributed by atoms with Gasteiger partial charge in [0, 0.05) is 11.1 Å². The van der Waals surface area contributed by atoms with Crippen LogP contribution in [0, 0.1) is 0 Å². The van der Waals surface area contributed by atoms with Crippen LogP contribution in [0.25, 0.3) is 22.8 Å². The molecule has 0 radical (unpaired) electrons. The Morgan fingerprint density at radius 3 is 2.55 bits per heavy atom. The minimum absolute atomic E-state index is 0.592. The summed E-state index contributed by atoms with van der Waals surface area (Å²) in [6, 6.07) is 15.6. The second-order valence-corrected chi connectivity index (χ2v) is 4.67. The summed E-state index contributed by atoms with van der Waals surface area (Å²) in [4.78, 5) is 4.54. The first-order valence-electron chi connectivity index (χ1n) is 7.11. The SMILES string of the molecule is CCOc1ccc(-c2n[nH]c(-c3ccccc3)n2)cc1OC. The molecule has 5 nitrogen and oxygen atoms in total. The Balaban J connectivity index is 1.93. The predicted molar refractivity (Wildman–Crippen MR) is 85.0 cm³/mol. The molecule has 0 aliphatic rings. The molecule has 0 saturated carbocycles. The van der Waals surface area contributed by atoms with E-state index in [0.29, 0.717) is 23.9 Å². The summed E-state index contributed by atoms with van der Waals surface area (Å²) < 4.78 is 10.9. The highest BCUT2D eigenvalue weighted by molar-refractivity contribution is 5.64. The second-order valence-electron chi connectivity index (χ2n) is 4.67. The third kappa shape index (κ3) is 2.79. The van der Waals surface area contributed by atoms with Gasteiger partial charge < -0.3 is 9.47 Å². The molecule has 0 spiro atoms. The average Bonchev–Trinajstić information content (AvgIpc) is 3.06. The third-order valence-electron chi connectivity index (χ3n) is 3.25. The number of hydrogen-bond donors (Lipinski definition) is 1. The lowest BCUT2D eigenvalue weighted by molar-refractivity contribution is 0.311. The highest BCUT2D eigenvalue weighted by Gasteiger charge is 2.11. The van der Waals surface area contributed by atoms with E-state index in [1.807, 2.05) is 55.5 Å². The standard InChI is InChI=1S/C17H17N3O2/c1-3-22-14-10-9-13(11-15(14)21-2)17-18-16(19-20-17)12-7-5-4-6-8-12/h4-11H,3H2,1-2H3,(H,18,19,20). The van der Waals surface area contributed by atoms with Crippen molar-refractivity contribution in [2.24, 2.45) is 0 Å². The highest BCUT2D eigenvalue weighted by atomic mass is 16.5. The lowest BCUT2D eigenvalue weighted by Gasteiger charge is -2.09. The summed E-state index contributed by atoms with van der Waals surface area (Å²) >= 11 is 0. The van der Waals surface area contributed by atoms with E-state index in [9.17, 15) is 0 Å². The molecule has 0 aliphatic carbocycles. The molecular weight excluding hydrogens is 278 g/mol. The van der Waals surface area contributed by atoms with Crippen LogP contribution in [0.4, 0.5) is 0 Å². The minimum atomic E-state index is 0.592. The van der Waals surface area contributed by atoms with Crippen molar-refractivity contribution in [1.82, 2.24) is 15.2 Å². The van der Waals surface area contributed by atoms with Gasteiger partial charge >= 0.3 is 0 Å². The first-order chi connectivity index (χ1) is 10.8. The van der Waals surface area contributed by atoms with E-state index in [1.54, 1.807) is 7.11 Å². The molecule has 0 atom stereocenters. The Labute approximate surface area is 128 Å². The Bertz CT molecular complexity index is 754. The normalized spacial score (nSPS) is 10.5. The summed E-state index contributed by atoms with van der Waals surface area (Å²) in [5.41, 5.74) is 1.87. The van der Waals surface area contributed by atoms with Crippen molar-refractivity contribution in [3.05, 3.63) is 48.5 Å². The largest absolute Gasteiger partial charge is 0.493 e. The molecule has 1 N–H and O–H groups in total. The second kappa shape index (κ2) is 6.30. The van der Waals surface area contributed by atoms with Crippen LogP contribution >= 0.6 is 0 Å². The lowest BCUT2D eigenvalue weighted by Crippen LogP contribution is -1.95. The van der Waals surface area contributed by atoms with Gasteiger partial charge in [0.2, 0.25) is 0 Å². The predicted octanol–water partition coefficient (Wildman–Crippen LogP) is 3.55. The molecule has 5 heteroatoms. The fraction of sp³-hybridized carbons (Fsp3) is 0.176. The van der Waals surface area contributed by atoms with E-state index < -0.39 is 0 Å². The highest BCUT2D eigenvalue weighted by Crippen LogP contribution is 2.31. The van der Waals surface area contributed by atoms with Crippen LogP contribution < -0.4 is 9.47 Å². The molecule has 1 heterocycles. The molecular formula is C17H17N3O2. The zero-order valence-electron chi connectivity index (χ0n) is 12.5. The average molecular weight is 295 g/mol. The maximum atomic E-state index is 5.52. The van der Waals surface area contributed by atoms with Gasteiger partial charge in [-0.2, -0.15) is 5.10 Å². The van der Waals surface area contributed by atoms with Gasteiger partial charge in [-0.15, -0.1) is 0 Å². The smallest absolute Gasteiger partial charge is 0.181 e. The molecule has 1 aromatic heterocycles. The van der Waals surface area contributed by atoms with Crippen molar-refractivity contribution in [1.29, 1.82) is 0 Å². The molecule has 0 aliphatic heterocycles. The molecule has 0 saturated heterocycles. The summed E-state index contributed by atoms with van der Waals surface area (Å²) in [5.74, 6) is 2.75. The van der Waals surface area contributed by atoms with Gasteiger partial charge in [-0.1, -0.05) is 30.3 Å². The molecule has 22 heavy (non-hydrogen) atoms. The number of benzene rings is 2. The third-order valence-corrected chi connectivity index (χ3v) is 3.25. The summed E-state index contributed by atoms with van der Waals surface area (Å²) in [7, 11) is 1.62. The van der Waals surface area contributed by atoms with Gasteiger partial charge in [0.05, 0.1) is 13.7 Å². The molecule has 0 amide bonds. The monoisotopic (exact) mass is 295 g/mol. The molecule has 3 aromatic rings. The van der Waals surface area contributed by atoms with Crippen molar-refractivity contribution in [3.8, 4) is 34.3 Å². The fourth-order valence-corrected chi connectivity index (χ4v) is 2.20. The Morgan fingerprint density at radius 1 is 1.00 bits per heavy atom. The Morgan fingerprint density at radius 2 is 1.82 bits per heavy atom. The van der Waals surface area contributed by atoms with E-state index >= 15 is 0 Å². The van der Waals surface area contributed by atoms with Crippen LogP contribution in [0.1, 0.15) is 6.92 Å². The van der Waals surface area contributed by atoms with Crippen LogP contribution in [0.2, 0.25) is 0 Å². The minimum Gasteiger partial charge on any atom is -0.493 e. The summed E-state index contributed by atoms with van der Waals surface area (Å²) in [6.07, 6.45) is 0. The van der Waals surface area contributed by atoms with E-state index in [1.165, 1.54) is 0 Å². The fourth-order valence-electron chi connectivity index (χ4n) is 2.20. The maximum Gasteiger partial charge on any atom is 0.181 e. The van der Waals surface area contributed by atoms with Crippen molar-refractivity contribution in [2.45, 2.75) is 6.92 Å². The van der Waals surface area contributed by atoms with Gasteiger partial charge in [0.1, 0.15) is 0 Å². The number of aromatic nitrogens is 3. The first kappa shape index (κ1) is 14.1. The zero-order chi connectivity index (χ0) is 15.4. The molecule has 2 aromatic carbocycles. The van der Waals surface area contributed by atoms with Crippen molar-refractivity contribution in [3.63, 3.8) is 0 Å².